The van der Waals surface area contributed by atoms with Crippen LogP contribution in [-0.2, 0) is 23.1 Å². The number of nitrogens with zero attached hydrogens (tertiary/aromatic N) is 4. The molecule has 1 N–H and O–H groups in total. The van der Waals surface area contributed by atoms with E-state index >= 15 is 0 Å². The molecule has 2 aliphatic heterocycles. The molecule has 2 saturated heterocycles. The van der Waals surface area contributed by atoms with Crippen molar-refractivity contribution >= 4 is 29.9 Å². The van der Waals surface area contributed by atoms with Crippen LogP contribution in [0.15, 0.2) is 4.99 Å². The van der Waals surface area contributed by atoms with E-state index in [4.69, 9.17) is 9.47 Å². The van der Waals surface area contributed by atoms with Gasteiger partial charge in [-0.3, -0.25) is 9.67 Å². The van der Waals surface area contributed by atoms with Gasteiger partial charge in [-0.1, -0.05) is 0 Å². The molecule has 0 aromatic carbocycles. The molecule has 0 bridgehead atoms. The van der Waals surface area contributed by atoms with Gasteiger partial charge in [0.25, 0.3) is 0 Å². The maximum Gasteiger partial charge on any atom is 0.193 e. The molecular weight excluding hydrogens is 469 g/mol. The van der Waals surface area contributed by atoms with Gasteiger partial charge in [-0.2, -0.15) is 5.10 Å². The Hall–Kier alpha value is -0.870. The molecule has 2 aliphatic rings. The lowest BCUT2D eigenvalue weighted by Gasteiger charge is -2.35. The average molecular weight is 505 g/mol. The Balaban J connectivity index is 0.00000280. The van der Waals surface area contributed by atoms with Gasteiger partial charge in [-0.15, -0.1) is 24.0 Å². The van der Waals surface area contributed by atoms with E-state index in [1.165, 1.54) is 24.1 Å². The minimum Gasteiger partial charge on any atom is -0.376 e. The third-order valence-electron chi connectivity index (χ3n) is 5.83. The van der Waals surface area contributed by atoms with E-state index in [1.807, 2.05) is 18.8 Å². The van der Waals surface area contributed by atoms with Crippen LogP contribution in [0.3, 0.4) is 0 Å². The van der Waals surface area contributed by atoms with Crippen molar-refractivity contribution in [2.75, 3.05) is 33.4 Å². The summed E-state index contributed by atoms with van der Waals surface area (Å²) in [5.74, 6) is 0.965. The largest absolute Gasteiger partial charge is 0.376 e. The Morgan fingerprint density at radius 3 is 2.57 bits per heavy atom. The number of aliphatic imine (C=N–C) groups is 1. The van der Waals surface area contributed by atoms with Crippen molar-refractivity contribution in [2.45, 2.75) is 64.7 Å². The summed E-state index contributed by atoms with van der Waals surface area (Å²) in [4.78, 5) is 6.81. The number of hydrogen-bond acceptors (Lipinski definition) is 4. The first-order chi connectivity index (χ1) is 13.1. The van der Waals surface area contributed by atoms with Gasteiger partial charge < -0.3 is 19.7 Å². The molecule has 1 atom stereocenters. The Bertz CT molecular complexity index is 635. The molecule has 8 heteroatoms. The first-order valence-corrected chi connectivity index (χ1v) is 10.3. The Morgan fingerprint density at radius 2 is 2.00 bits per heavy atom. The molecule has 0 saturated carbocycles. The smallest absolute Gasteiger partial charge is 0.193 e. The van der Waals surface area contributed by atoms with Crippen LogP contribution in [-0.4, -0.2) is 66.2 Å². The summed E-state index contributed by atoms with van der Waals surface area (Å²) in [6.45, 7) is 8.52. The van der Waals surface area contributed by atoms with E-state index < -0.39 is 0 Å². The fourth-order valence-corrected chi connectivity index (χ4v) is 3.99. The Kier molecular flexibility index (Phi) is 9.49. The molecule has 1 unspecified atom stereocenters. The van der Waals surface area contributed by atoms with E-state index in [2.05, 4.69) is 34.2 Å². The van der Waals surface area contributed by atoms with Crippen molar-refractivity contribution in [3.63, 3.8) is 0 Å². The molecular formula is C20H36IN5O2. The monoisotopic (exact) mass is 505 g/mol. The van der Waals surface area contributed by atoms with Crippen molar-refractivity contribution in [3.8, 4) is 0 Å². The van der Waals surface area contributed by atoms with Crippen molar-refractivity contribution in [3.05, 3.63) is 17.0 Å². The normalized spacial score (nSPS) is 21.5. The van der Waals surface area contributed by atoms with Crippen molar-refractivity contribution < 1.29 is 9.47 Å². The summed E-state index contributed by atoms with van der Waals surface area (Å²) >= 11 is 0. The number of halogens is 1. The molecule has 3 rings (SSSR count). The van der Waals surface area contributed by atoms with E-state index in [0.29, 0.717) is 12.2 Å². The van der Waals surface area contributed by atoms with Gasteiger partial charge in [-0.05, 0) is 46.0 Å². The quantitative estimate of drug-likeness (QED) is 0.379. The highest BCUT2D eigenvalue weighted by molar-refractivity contribution is 14.0. The predicted octanol–water partition coefficient (Wildman–Crippen LogP) is 2.78. The number of rotatable bonds is 5. The fraction of sp³-hybridized carbons (Fsp3) is 0.800. The highest BCUT2D eigenvalue weighted by Crippen LogP contribution is 2.18. The maximum absolute atomic E-state index is 6.12. The van der Waals surface area contributed by atoms with Crippen LogP contribution in [0.25, 0.3) is 0 Å². The lowest BCUT2D eigenvalue weighted by atomic mass is 10.1. The lowest BCUT2D eigenvalue weighted by Crippen LogP contribution is -2.47. The first-order valence-electron chi connectivity index (χ1n) is 10.3. The molecule has 0 spiro atoms. The van der Waals surface area contributed by atoms with Crippen LogP contribution in [0.2, 0.25) is 0 Å². The standard InChI is InChI=1S/C20H35N5O2.HI/c1-15-19(16(2)24(4)23-15)13-22-20(21-3)25-10-8-17(9-11-25)27-14-18-7-5-6-12-26-18;/h17-18H,5-14H2,1-4H3,(H,21,22);1H. The molecule has 7 nitrogen and oxygen atoms in total. The third kappa shape index (κ3) is 6.06. The average Bonchev–Trinajstić information content (AvgIpc) is 2.94. The van der Waals surface area contributed by atoms with Crippen molar-refractivity contribution in [1.29, 1.82) is 0 Å². The van der Waals surface area contributed by atoms with Gasteiger partial charge in [0.05, 0.1) is 24.5 Å². The molecule has 3 heterocycles. The van der Waals surface area contributed by atoms with E-state index in [0.717, 1.165) is 63.8 Å². The van der Waals surface area contributed by atoms with Gasteiger partial charge in [0.2, 0.25) is 0 Å². The zero-order valence-corrected chi connectivity index (χ0v) is 20.1. The zero-order valence-electron chi connectivity index (χ0n) is 17.7. The second-order valence-electron chi connectivity index (χ2n) is 7.68. The van der Waals surface area contributed by atoms with Crippen LogP contribution >= 0.6 is 24.0 Å². The number of nitrogens with one attached hydrogen (secondary N) is 1. The molecule has 0 amide bonds. The number of guanidine groups is 1. The van der Waals surface area contributed by atoms with Crippen molar-refractivity contribution in [1.82, 2.24) is 20.0 Å². The van der Waals surface area contributed by atoms with Crippen molar-refractivity contribution in [2.24, 2.45) is 12.0 Å². The summed E-state index contributed by atoms with van der Waals surface area (Å²) < 4.78 is 13.8. The second kappa shape index (κ2) is 11.3. The number of piperidine rings is 1. The Morgan fingerprint density at radius 1 is 1.25 bits per heavy atom. The Labute approximate surface area is 186 Å². The molecule has 28 heavy (non-hydrogen) atoms. The zero-order chi connectivity index (χ0) is 19.2. The van der Waals surface area contributed by atoms with Gasteiger partial charge in [-0.25, -0.2) is 0 Å². The summed E-state index contributed by atoms with van der Waals surface area (Å²) in [7, 11) is 3.85. The number of hydrogen-bond donors (Lipinski definition) is 1. The molecule has 160 valence electrons. The first kappa shape index (κ1) is 23.4. The van der Waals surface area contributed by atoms with Crippen LogP contribution < -0.4 is 5.32 Å². The number of aromatic nitrogens is 2. The van der Waals surface area contributed by atoms with Gasteiger partial charge >= 0.3 is 0 Å². The number of ether oxygens (including phenoxy) is 2. The summed E-state index contributed by atoms with van der Waals surface area (Å²) in [6.07, 6.45) is 6.33. The molecule has 1 aromatic rings. The minimum absolute atomic E-state index is 0. The molecule has 1 aromatic heterocycles. The summed E-state index contributed by atoms with van der Waals surface area (Å²) in [6, 6.07) is 0. The fourth-order valence-electron chi connectivity index (χ4n) is 3.99. The van der Waals surface area contributed by atoms with Crippen LogP contribution in [0.5, 0.6) is 0 Å². The van der Waals surface area contributed by atoms with E-state index in [9.17, 15) is 0 Å². The van der Waals surface area contributed by atoms with E-state index in [1.54, 1.807) is 0 Å². The van der Waals surface area contributed by atoms with E-state index in [-0.39, 0.29) is 24.0 Å². The highest BCUT2D eigenvalue weighted by Gasteiger charge is 2.24. The molecule has 0 radical (unpaired) electrons. The lowest BCUT2D eigenvalue weighted by molar-refractivity contribution is -0.0721. The topological polar surface area (TPSA) is 63.9 Å². The molecule has 2 fully saturated rings. The predicted molar refractivity (Wildman–Crippen MR) is 122 cm³/mol. The SMILES string of the molecule is CN=C(NCc1c(C)nn(C)c1C)N1CCC(OCC2CCCCO2)CC1.I. The number of likely N-dealkylation sites (tertiary alicyclic amines) is 1. The van der Waals surface area contributed by atoms with Crippen LogP contribution in [0.1, 0.15) is 49.1 Å². The number of aryl methyl sites for hydroxylation is 2. The third-order valence-corrected chi connectivity index (χ3v) is 5.83. The summed E-state index contributed by atoms with van der Waals surface area (Å²) in [5, 5.41) is 8.00. The van der Waals surface area contributed by atoms with Gasteiger partial charge in [0.1, 0.15) is 0 Å². The molecule has 0 aliphatic carbocycles. The minimum atomic E-state index is 0. The summed E-state index contributed by atoms with van der Waals surface area (Å²) in [5.41, 5.74) is 3.53. The maximum atomic E-state index is 6.12. The highest BCUT2D eigenvalue weighted by atomic mass is 127. The van der Waals surface area contributed by atoms with Gasteiger partial charge in [0.15, 0.2) is 5.96 Å². The second-order valence-corrected chi connectivity index (χ2v) is 7.68. The van der Waals surface area contributed by atoms with Gasteiger partial charge in [0, 0.05) is 51.6 Å². The van der Waals surface area contributed by atoms with Crippen LogP contribution in [0, 0.1) is 13.8 Å². The van der Waals surface area contributed by atoms with Crippen LogP contribution in [0.4, 0.5) is 0 Å².